The normalized spacial score (nSPS) is 14.7. The molecule has 0 saturated carbocycles. The van der Waals surface area contributed by atoms with Crippen molar-refractivity contribution in [3.63, 3.8) is 0 Å². The van der Waals surface area contributed by atoms with Crippen LogP contribution in [0.25, 0.3) is 11.3 Å². The Labute approximate surface area is 179 Å². The van der Waals surface area contributed by atoms with Crippen LogP contribution in [0.15, 0.2) is 54.1 Å². The van der Waals surface area contributed by atoms with Gasteiger partial charge >= 0.3 is 0 Å². The van der Waals surface area contributed by atoms with Crippen LogP contribution in [0.3, 0.4) is 0 Å². The van der Waals surface area contributed by atoms with E-state index in [-0.39, 0.29) is 17.4 Å². The Morgan fingerprint density at radius 2 is 1.81 bits per heavy atom. The number of nitrogens with one attached hydrogen (secondary N) is 1. The van der Waals surface area contributed by atoms with Gasteiger partial charge in [0.1, 0.15) is 0 Å². The Kier molecular flexibility index (Phi) is 5.06. The lowest BCUT2D eigenvalue weighted by molar-refractivity contribution is -0.128. The van der Waals surface area contributed by atoms with E-state index < -0.39 is 5.60 Å². The zero-order chi connectivity index (χ0) is 22.2. The monoisotopic (exact) mass is 415 g/mol. The van der Waals surface area contributed by atoms with E-state index in [0.717, 1.165) is 16.8 Å². The zero-order valence-corrected chi connectivity index (χ0v) is 17.6. The van der Waals surface area contributed by atoms with Crippen LogP contribution in [-0.2, 0) is 9.63 Å². The van der Waals surface area contributed by atoms with Crippen molar-refractivity contribution in [3.8, 4) is 11.3 Å². The molecule has 8 heteroatoms. The van der Waals surface area contributed by atoms with Gasteiger partial charge in [0, 0.05) is 23.0 Å². The van der Waals surface area contributed by atoms with E-state index in [9.17, 15) is 9.59 Å². The standard InChI is InChI=1S/C23H21N5O3/c1-13-5-7-15(20-21(29)23(3,4)31-28-20)9-17(13)18-11-26-19(12-25-18)27-22(30)16-8-6-14(2)24-10-16/h5-12H,1-4H3,(H,26,27,30). The van der Waals surface area contributed by atoms with Crippen LogP contribution in [0, 0.1) is 13.8 Å². The molecule has 1 amide bonds. The van der Waals surface area contributed by atoms with Gasteiger partial charge in [-0.3, -0.25) is 19.6 Å². The molecule has 3 heterocycles. The highest BCUT2D eigenvalue weighted by Crippen LogP contribution is 2.27. The van der Waals surface area contributed by atoms with Crippen LogP contribution in [0.4, 0.5) is 5.82 Å². The summed E-state index contributed by atoms with van der Waals surface area (Å²) < 4.78 is 0. The van der Waals surface area contributed by atoms with Crippen molar-refractivity contribution in [2.45, 2.75) is 33.3 Å². The fourth-order valence-electron chi connectivity index (χ4n) is 3.08. The topological polar surface area (TPSA) is 106 Å². The Morgan fingerprint density at radius 3 is 2.42 bits per heavy atom. The minimum absolute atomic E-state index is 0.169. The zero-order valence-electron chi connectivity index (χ0n) is 17.6. The van der Waals surface area contributed by atoms with Gasteiger partial charge in [-0.25, -0.2) is 4.98 Å². The number of Topliss-reactive ketones (excluding diaryl/α,β-unsaturated/α-hetero) is 1. The maximum Gasteiger partial charge on any atom is 0.258 e. The number of aromatic nitrogens is 3. The highest BCUT2D eigenvalue weighted by Gasteiger charge is 2.40. The summed E-state index contributed by atoms with van der Waals surface area (Å²) >= 11 is 0. The molecule has 0 radical (unpaired) electrons. The number of ketones is 1. The van der Waals surface area contributed by atoms with Gasteiger partial charge in [0.25, 0.3) is 5.91 Å². The molecule has 0 unspecified atom stereocenters. The van der Waals surface area contributed by atoms with Gasteiger partial charge in [0.2, 0.25) is 5.78 Å². The average molecular weight is 415 g/mol. The van der Waals surface area contributed by atoms with Gasteiger partial charge < -0.3 is 10.2 Å². The molecule has 1 aliphatic heterocycles. The third-order valence-electron chi connectivity index (χ3n) is 4.98. The number of oxime groups is 1. The van der Waals surface area contributed by atoms with Gasteiger partial charge in [-0.15, -0.1) is 0 Å². The van der Waals surface area contributed by atoms with E-state index in [4.69, 9.17) is 4.84 Å². The largest absolute Gasteiger partial charge is 0.381 e. The summed E-state index contributed by atoms with van der Waals surface area (Å²) in [6.45, 7) is 7.17. The summed E-state index contributed by atoms with van der Waals surface area (Å²) in [5, 5.41) is 6.67. The number of pyridine rings is 1. The van der Waals surface area contributed by atoms with Crippen LogP contribution in [0.2, 0.25) is 0 Å². The number of aryl methyl sites for hydroxylation is 2. The first-order valence-corrected chi connectivity index (χ1v) is 9.73. The first kappa shape index (κ1) is 20.3. The van der Waals surface area contributed by atoms with Crippen LogP contribution in [-0.4, -0.2) is 38.0 Å². The molecule has 1 N–H and O–H groups in total. The summed E-state index contributed by atoms with van der Waals surface area (Å²) in [7, 11) is 0. The third kappa shape index (κ3) is 4.05. The molecule has 4 rings (SSSR count). The predicted molar refractivity (Wildman–Crippen MR) is 116 cm³/mol. The molecule has 0 atom stereocenters. The van der Waals surface area contributed by atoms with Gasteiger partial charge in [-0.1, -0.05) is 17.3 Å². The lowest BCUT2D eigenvalue weighted by Crippen LogP contribution is -2.33. The number of carbonyl (C=O) groups is 2. The van der Waals surface area contributed by atoms with Crippen molar-refractivity contribution in [2.75, 3.05) is 5.32 Å². The molecule has 0 bridgehead atoms. The molecule has 31 heavy (non-hydrogen) atoms. The van der Waals surface area contributed by atoms with Crippen molar-refractivity contribution in [2.24, 2.45) is 5.16 Å². The van der Waals surface area contributed by atoms with Crippen molar-refractivity contribution in [1.29, 1.82) is 0 Å². The third-order valence-corrected chi connectivity index (χ3v) is 4.98. The molecular weight excluding hydrogens is 394 g/mol. The Balaban J connectivity index is 1.56. The second kappa shape index (κ2) is 7.71. The molecule has 1 aromatic carbocycles. The van der Waals surface area contributed by atoms with Gasteiger partial charge in [0.15, 0.2) is 17.1 Å². The number of carbonyl (C=O) groups excluding carboxylic acids is 2. The maximum absolute atomic E-state index is 12.5. The first-order valence-electron chi connectivity index (χ1n) is 9.73. The van der Waals surface area contributed by atoms with Crippen molar-refractivity contribution in [3.05, 3.63) is 71.3 Å². The number of hydrogen-bond acceptors (Lipinski definition) is 7. The molecule has 0 fully saturated rings. The molecule has 3 aromatic rings. The van der Waals surface area contributed by atoms with Crippen molar-refractivity contribution < 1.29 is 14.4 Å². The maximum atomic E-state index is 12.5. The van der Waals surface area contributed by atoms with E-state index in [1.54, 1.807) is 32.2 Å². The van der Waals surface area contributed by atoms with Crippen LogP contribution < -0.4 is 5.32 Å². The number of amides is 1. The second-order valence-corrected chi connectivity index (χ2v) is 7.83. The summed E-state index contributed by atoms with van der Waals surface area (Å²) in [6.07, 6.45) is 4.58. The number of rotatable bonds is 4. The summed E-state index contributed by atoms with van der Waals surface area (Å²) in [5.41, 5.74) is 3.63. The van der Waals surface area contributed by atoms with Gasteiger partial charge in [-0.05, 0) is 51.5 Å². The van der Waals surface area contributed by atoms with Gasteiger partial charge in [0.05, 0.1) is 23.7 Å². The molecule has 8 nitrogen and oxygen atoms in total. The quantitative estimate of drug-likeness (QED) is 0.699. The van der Waals surface area contributed by atoms with E-state index in [1.807, 2.05) is 32.0 Å². The summed E-state index contributed by atoms with van der Waals surface area (Å²) in [6, 6.07) is 9.04. The van der Waals surface area contributed by atoms with E-state index in [0.29, 0.717) is 22.6 Å². The number of hydrogen-bond donors (Lipinski definition) is 1. The van der Waals surface area contributed by atoms with E-state index >= 15 is 0 Å². The predicted octanol–water partition coefficient (Wildman–Crippen LogP) is 3.49. The first-order chi connectivity index (χ1) is 14.7. The summed E-state index contributed by atoms with van der Waals surface area (Å²) in [4.78, 5) is 43.0. The number of anilines is 1. The molecule has 0 spiro atoms. The van der Waals surface area contributed by atoms with Crippen LogP contribution >= 0.6 is 0 Å². The summed E-state index contributed by atoms with van der Waals surface area (Å²) in [5.74, 6) is -0.154. The van der Waals surface area contributed by atoms with E-state index in [2.05, 4.69) is 25.4 Å². The molecular formula is C23H21N5O3. The molecule has 1 aliphatic rings. The fraction of sp³-hybridized carbons (Fsp3) is 0.217. The Bertz CT molecular complexity index is 1200. The lowest BCUT2D eigenvalue weighted by Gasteiger charge is -2.12. The Hall–Kier alpha value is -3.94. The van der Waals surface area contributed by atoms with Gasteiger partial charge in [-0.2, -0.15) is 0 Å². The van der Waals surface area contributed by atoms with Crippen molar-refractivity contribution >= 4 is 23.2 Å². The average Bonchev–Trinajstić information content (AvgIpc) is 3.02. The number of benzene rings is 1. The molecule has 0 aliphatic carbocycles. The lowest BCUT2D eigenvalue weighted by atomic mass is 9.93. The van der Waals surface area contributed by atoms with E-state index in [1.165, 1.54) is 12.4 Å². The highest BCUT2D eigenvalue weighted by molar-refractivity contribution is 6.49. The minimum Gasteiger partial charge on any atom is -0.381 e. The fourth-order valence-corrected chi connectivity index (χ4v) is 3.08. The molecule has 156 valence electrons. The van der Waals surface area contributed by atoms with Crippen LogP contribution in [0.1, 0.15) is 41.0 Å². The highest BCUT2D eigenvalue weighted by atomic mass is 16.7. The Morgan fingerprint density at radius 1 is 1.00 bits per heavy atom. The smallest absolute Gasteiger partial charge is 0.258 e. The van der Waals surface area contributed by atoms with Crippen molar-refractivity contribution in [1.82, 2.24) is 15.0 Å². The van der Waals surface area contributed by atoms with Crippen LogP contribution in [0.5, 0.6) is 0 Å². The SMILES string of the molecule is Cc1ccc(C(=O)Nc2cnc(-c3cc(C4=NOC(C)(C)C4=O)ccc3C)cn2)cn1. The second-order valence-electron chi connectivity index (χ2n) is 7.83. The minimum atomic E-state index is -0.965. The number of nitrogens with zero attached hydrogens (tertiary/aromatic N) is 4. The molecule has 2 aromatic heterocycles. The molecule has 0 saturated heterocycles.